The molecule has 0 unspecified atom stereocenters. The third kappa shape index (κ3) is 2.85. The number of nitrogens with one attached hydrogen (secondary N) is 1. The van der Waals surface area contributed by atoms with Gasteiger partial charge in [-0.15, -0.1) is 10.2 Å². The van der Waals surface area contributed by atoms with Crippen LogP contribution in [0.2, 0.25) is 0 Å². The van der Waals surface area contributed by atoms with Crippen LogP contribution in [0.5, 0.6) is 0 Å². The number of anilines is 1. The maximum Gasteiger partial charge on any atom is 0.358 e. The van der Waals surface area contributed by atoms with Gasteiger partial charge >= 0.3 is 5.97 Å². The molecule has 0 atom stereocenters. The number of hydrogen-bond donors (Lipinski definition) is 2. The summed E-state index contributed by atoms with van der Waals surface area (Å²) in [4.78, 5) is 11.3. The number of ether oxygens (including phenoxy) is 1. The van der Waals surface area contributed by atoms with Crippen molar-refractivity contribution in [3.8, 4) is 0 Å². The van der Waals surface area contributed by atoms with Crippen molar-refractivity contribution in [2.24, 2.45) is 0 Å². The summed E-state index contributed by atoms with van der Waals surface area (Å²) in [6, 6.07) is 7.28. The molecule has 0 bridgehead atoms. The highest BCUT2D eigenvalue weighted by molar-refractivity contribution is 6.02. The van der Waals surface area contributed by atoms with E-state index in [1.807, 2.05) is 32.0 Å². The summed E-state index contributed by atoms with van der Waals surface area (Å²) in [5.74, 6) is -1.11. The van der Waals surface area contributed by atoms with Crippen LogP contribution in [-0.4, -0.2) is 40.5 Å². The van der Waals surface area contributed by atoms with Crippen LogP contribution in [0.1, 0.15) is 24.3 Å². The molecule has 106 valence electrons. The highest BCUT2D eigenvalue weighted by Crippen LogP contribution is 2.25. The highest BCUT2D eigenvalue weighted by Gasteiger charge is 2.20. The standard InChI is InChI=1S/C14H17N3O3/c1-14(2,20-3)8-15-11-9-6-4-5-7-10(9)16-17-12(11)13(18)19/h4-7H,8H2,1-3H3,(H,15,16)(H,18,19). The van der Waals surface area contributed by atoms with Crippen molar-refractivity contribution < 1.29 is 14.6 Å². The summed E-state index contributed by atoms with van der Waals surface area (Å²) in [6.07, 6.45) is 0. The van der Waals surface area contributed by atoms with E-state index in [9.17, 15) is 9.90 Å². The second-order valence-electron chi connectivity index (χ2n) is 5.06. The number of methoxy groups -OCH3 is 1. The zero-order valence-corrected chi connectivity index (χ0v) is 11.7. The molecule has 2 N–H and O–H groups in total. The second kappa shape index (κ2) is 5.42. The van der Waals surface area contributed by atoms with E-state index in [0.29, 0.717) is 17.7 Å². The number of hydrogen-bond acceptors (Lipinski definition) is 5. The molecule has 0 radical (unpaired) electrons. The van der Waals surface area contributed by atoms with Crippen molar-refractivity contribution in [3.05, 3.63) is 30.0 Å². The van der Waals surface area contributed by atoms with Crippen LogP contribution in [0, 0.1) is 0 Å². The summed E-state index contributed by atoms with van der Waals surface area (Å²) >= 11 is 0. The SMILES string of the molecule is COC(C)(C)CNc1c(C(=O)O)nnc2ccccc12. The molecule has 0 aliphatic heterocycles. The van der Waals surface area contributed by atoms with E-state index in [1.165, 1.54) is 0 Å². The molecule has 0 saturated heterocycles. The lowest BCUT2D eigenvalue weighted by Gasteiger charge is -2.24. The molecule has 0 aliphatic rings. The number of nitrogens with zero attached hydrogens (tertiary/aromatic N) is 2. The van der Waals surface area contributed by atoms with Gasteiger partial charge in [-0.25, -0.2) is 4.79 Å². The van der Waals surface area contributed by atoms with Crippen molar-refractivity contribution in [3.63, 3.8) is 0 Å². The maximum atomic E-state index is 11.3. The third-order valence-corrected chi connectivity index (χ3v) is 3.11. The highest BCUT2D eigenvalue weighted by atomic mass is 16.5. The zero-order chi connectivity index (χ0) is 14.8. The fraction of sp³-hybridized carbons (Fsp3) is 0.357. The first kappa shape index (κ1) is 14.2. The van der Waals surface area contributed by atoms with Crippen LogP contribution in [0.3, 0.4) is 0 Å². The van der Waals surface area contributed by atoms with E-state index in [2.05, 4.69) is 15.5 Å². The number of carbonyl (C=O) groups is 1. The Morgan fingerprint density at radius 3 is 2.70 bits per heavy atom. The number of benzene rings is 1. The molecule has 6 heteroatoms. The first-order valence-corrected chi connectivity index (χ1v) is 6.22. The van der Waals surface area contributed by atoms with Gasteiger partial charge in [-0.3, -0.25) is 0 Å². The number of carboxylic acids is 1. The molecule has 1 aromatic heterocycles. The van der Waals surface area contributed by atoms with Crippen molar-refractivity contribution in [2.45, 2.75) is 19.4 Å². The predicted molar refractivity (Wildman–Crippen MR) is 76.1 cm³/mol. The van der Waals surface area contributed by atoms with Gasteiger partial charge < -0.3 is 15.2 Å². The molecule has 2 aromatic rings. The lowest BCUT2D eigenvalue weighted by molar-refractivity contribution is 0.0343. The molecular formula is C14H17N3O3. The van der Waals surface area contributed by atoms with Gasteiger partial charge in [0.2, 0.25) is 0 Å². The number of rotatable bonds is 5. The first-order chi connectivity index (χ1) is 9.44. The van der Waals surface area contributed by atoms with Gasteiger partial charge in [0.25, 0.3) is 0 Å². The summed E-state index contributed by atoms with van der Waals surface area (Å²) < 4.78 is 5.33. The average molecular weight is 275 g/mol. The molecule has 1 heterocycles. The van der Waals surface area contributed by atoms with Crippen LogP contribution in [-0.2, 0) is 4.74 Å². The molecule has 0 amide bonds. The summed E-state index contributed by atoms with van der Waals surface area (Å²) in [6.45, 7) is 4.29. The van der Waals surface area contributed by atoms with E-state index < -0.39 is 11.6 Å². The van der Waals surface area contributed by atoms with Crippen LogP contribution in [0.4, 0.5) is 5.69 Å². The molecule has 0 fully saturated rings. The Hall–Kier alpha value is -2.21. The average Bonchev–Trinajstić information content (AvgIpc) is 2.44. The van der Waals surface area contributed by atoms with Gasteiger partial charge in [-0.1, -0.05) is 18.2 Å². The lowest BCUT2D eigenvalue weighted by Crippen LogP contribution is -2.32. The normalized spacial score (nSPS) is 11.6. The Morgan fingerprint density at radius 1 is 1.35 bits per heavy atom. The molecule has 6 nitrogen and oxygen atoms in total. The minimum atomic E-state index is -1.11. The van der Waals surface area contributed by atoms with Gasteiger partial charge in [-0.05, 0) is 19.9 Å². The number of aromatic carboxylic acids is 1. The van der Waals surface area contributed by atoms with Gasteiger partial charge in [0.15, 0.2) is 5.69 Å². The monoisotopic (exact) mass is 275 g/mol. The van der Waals surface area contributed by atoms with Crippen molar-refractivity contribution >= 4 is 22.6 Å². The van der Waals surface area contributed by atoms with Gasteiger partial charge in [0.05, 0.1) is 16.8 Å². The van der Waals surface area contributed by atoms with E-state index in [0.717, 1.165) is 5.39 Å². The molecule has 0 spiro atoms. The van der Waals surface area contributed by atoms with Crippen molar-refractivity contribution in [1.29, 1.82) is 0 Å². The minimum absolute atomic E-state index is 0.0874. The summed E-state index contributed by atoms with van der Waals surface area (Å²) in [7, 11) is 1.61. The van der Waals surface area contributed by atoms with Crippen LogP contribution >= 0.6 is 0 Å². The van der Waals surface area contributed by atoms with Crippen molar-refractivity contribution in [2.75, 3.05) is 19.0 Å². The minimum Gasteiger partial charge on any atom is -0.476 e. The van der Waals surface area contributed by atoms with Gasteiger partial charge in [0, 0.05) is 19.0 Å². The Morgan fingerprint density at radius 2 is 2.05 bits per heavy atom. The maximum absolute atomic E-state index is 11.3. The molecule has 1 aromatic carbocycles. The Bertz CT molecular complexity index is 641. The molecule has 0 aliphatic carbocycles. The van der Waals surface area contributed by atoms with E-state index in [1.54, 1.807) is 13.2 Å². The molecule has 2 rings (SSSR count). The van der Waals surface area contributed by atoms with Crippen LogP contribution < -0.4 is 5.32 Å². The Labute approximate surface area is 116 Å². The first-order valence-electron chi connectivity index (χ1n) is 6.22. The summed E-state index contributed by atoms with van der Waals surface area (Å²) in [5.41, 5.74) is 0.610. The predicted octanol–water partition coefficient (Wildman–Crippen LogP) is 2.16. The van der Waals surface area contributed by atoms with Gasteiger partial charge in [0.1, 0.15) is 0 Å². The largest absolute Gasteiger partial charge is 0.476 e. The second-order valence-corrected chi connectivity index (χ2v) is 5.06. The van der Waals surface area contributed by atoms with E-state index in [4.69, 9.17) is 4.74 Å². The fourth-order valence-corrected chi connectivity index (χ4v) is 1.76. The number of fused-ring (bicyclic) bond motifs is 1. The van der Waals surface area contributed by atoms with E-state index >= 15 is 0 Å². The molecule has 0 saturated carbocycles. The fourth-order valence-electron chi connectivity index (χ4n) is 1.76. The summed E-state index contributed by atoms with van der Waals surface area (Å²) in [5, 5.41) is 20.8. The van der Waals surface area contributed by atoms with Gasteiger partial charge in [-0.2, -0.15) is 0 Å². The topological polar surface area (TPSA) is 84.3 Å². The molecule has 20 heavy (non-hydrogen) atoms. The number of aromatic nitrogens is 2. The van der Waals surface area contributed by atoms with Crippen LogP contribution in [0.15, 0.2) is 24.3 Å². The Kier molecular flexibility index (Phi) is 3.85. The van der Waals surface area contributed by atoms with Crippen LogP contribution in [0.25, 0.3) is 10.9 Å². The third-order valence-electron chi connectivity index (χ3n) is 3.11. The van der Waals surface area contributed by atoms with E-state index in [-0.39, 0.29) is 5.69 Å². The van der Waals surface area contributed by atoms with Crippen molar-refractivity contribution in [1.82, 2.24) is 10.2 Å². The quantitative estimate of drug-likeness (QED) is 0.870. The lowest BCUT2D eigenvalue weighted by atomic mass is 10.1. The zero-order valence-electron chi connectivity index (χ0n) is 11.7. The number of carboxylic acid groups (broad SMARTS) is 1. The smallest absolute Gasteiger partial charge is 0.358 e. The Balaban J connectivity index is 2.47. The molecular weight excluding hydrogens is 258 g/mol.